The maximum atomic E-state index is 12.0. The highest BCUT2D eigenvalue weighted by atomic mass is 79.9. The second-order valence-electron chi connectivity index (χ2n) is 2.93. The number of nitriles is 1. The zero-order valence-corrected chi connectivity index (χ0v) is 9.87. The SMILES string of the molecule is N#Cc1cc(OC(F)F)cc(C(=O)O)c1CBr. The van der Waals surface area contributed by atoms with Gasteiger partial charge in [-0.2, -0.15) is 14.0 Å². The van der Waals surface area contributed by atoms with Gasteiger partial charge in [0.25, 0.3) is 0 Å². The van der Waals surface area contributed by atoms with Crippen LogP contribution in [0.1, 0.15) is 21.5 Å². The third-order valence-corrected chi connectivity index (χ3v) is 2.49. The van der Waals surface area contributed by atoms with Crippen LogP contribution in [0.2, 0.25) is 0 Å². The average molecular weight is 306 g/mol. The van der Waals surface area contributed by atoms with Crippen LogP contribution < -0.4 is 4.74 Å². The molecule has 0 fully saturated rings. The lowest BCUT2D eigenvalue weighted by Gasteiger charge is -2.09. The van der Waals surface area contributed by atoms with Crippen molar-refractivity contribution in [2.45, 2.75) is 11.9 Å². The van der Waals surface area contributed by atoms with Gasteiger partial charge in [-0.25, -0.2) is 4.79 Å². The highest BCUT2D eigenvalue weighted by molar-refractivity contribution is 9.08. The highest BCUT2D eigenvalue weighted by Crippen LogP contribution is 2.25. The Balaban J connectivity index is 3.36. The van der Waals surface area contributed by atoms with E-state index in [1.165, 1.54) is 0 Å². The quantitative estimate of drug-likeness (QED) is 0.868. The number of carbonyl (C=O) groups is 1. The summed E-state index contributed by atoms with van der Waals surface area (Å²) in [5.41, 5.74) is -0.0318. The lowest BCUT2D eigenvalue weighted by molar-refractivity contribution is -0.0499. The van der Waals surface area contributed by atoms with Gasteiger partial charge in [-0.15, -0.1) is 0 Å². The molecule has 0 unspecified atom stereocenters. The minimum Gasteiger partial charge on any atom is -0.478 e. The van der Waals surface area contributed by atoms with Gasteiger partial charge in [0.15, 0.2) is 0 Å². The molecule has 0 saturated carbocycles. The predicted molar refractivity (Wildman–Crippen MR) is 57.4 cm³/mol. The van der Waals surface area contributed by atoms with E-state index >= 15 is 0 Å². The van der Waals surface area contributed by atoms with E-state index < -0.39 is 12.6 Å². The third kappa shape index (κ3) is 3.14. The predicted octanol–water partition coefficient (Wildman–Crippen LogP) is 2.75. The number of carboxylic acid groups (broad SMARTS) is 1. The highest BCUT2D eigenvalue weighted by Gasteiger charge is 2.17. The first-order chi connectivity index (χ1) is 7.99. The van der Waals surface area contributed by atoms with Crippen LogP contribution in [-0.4, -0.2) is 17.7 Å². The fraction of sp³-hybridized carbons (Fsp3) is 0.200. The van der Waals surface area contributed by atoms with E-state index in [0.717, 1.165) is 12.1 Å². The van der Waals surface area contributed by atoms with Crippen LogP contribution in [0.25, 0.3) is 0 Å². The fourth-order valence-corrected chi connectivity index (χ4v) is 1.86. The molecule has 0 spiro atoms. The number of ether oxygens (including phenoxy) is 1. The molecule has 1 rings (SSSR count). The smallest absolute Gasteiger partial charge is 0.387 e. The van der Waals surface area contributed by atoms with Crippen molar-refractivity contribution >= 4 is 21.9 Å². The lowest BCUT2D eigenvalue weighted by Crippen LogP contribution is -2.07. The van der Waals surface area contributed by atoms with E-state index in [9.17, 15) is 13.6 Å². The van der Waals surface area contributed by atoms with Gasteiger partial charge in [-0.1, -0.05) is 15.9 Å². The summed E-state index contributed by atoms with van der Waals surface area (Å²) in [6.45, 7) is -3.07. The van der Waals surface area contributed by atoms with Gasteiger partial charge in [-0.3, -0.25) is 0 Å². The molecule has 0 atom stereocenters. The van der Waals surface area contributed by atoms with Crippen molar-refractivity contribution in [3.05, 3.63) is 28.8 Å². The summed E-state index contributed by atoms with van der Waals surface area (Å²) in [4.78, 5) is 10.9. The molecule has 0 amide bonds. The second-order valence-corrected chi connectivity index (χ2v) is 3.49. The summed E-state index contributed by atoms with van der Waals surface area (Å²) in [6.07, 6.45) is 0. The van der Waals surface area contributed by atoms with Gasteiger partial charge >= 0.3 is 12.6 Å². The number of halogens is 3. The molecule has 1 N–H and O–H groups in total. The molecule has 7 heteroatoms. The number of benzene rings is 1. The van der Waals surface area contributed by atoms with Crippen LogP contribution in [0, 0.1) is 11.3 Å². The van der Waals surface area contributed by atoms with Crippen molar-refractivity contribution in [2.75, 3.05) is 0 Å². The maximum absolute atomic E-state index is 12.0. The molecular weight excluding hydrogens is 300 g/mol. The molecular formula is C10H6BrF2NO3. The molecule has 0 saturated heterocycles. The molecule has 0 aromatic heterocycles. The van der Waals surface area contributed by atoms with Crippen molar-refractivity contribution < 1.29 is 23.4 Å². The van der Waals surface area contributed by atoms with Gasteiger partial charge in [0.2, 0.25) is 0 Å². The molecule has 90 valence electrons. The van der Waals surface area contributed by atoms with E-state index in [1.54, 1.807) is 6.07 Å². The second kappa shape index (κ2) is 5.59. The van der Waals surface area contributed by atoms with Crippen LogP contribution in [0.4, 0.5) is 8.78 Å². The molecule has 0 bridgehead atoms. The summed E-state index contributed by atoms with van der Waals surface area (Å²) >= 11 is 3.04. The minimum absolute atomic E-state index is 0.0163. The number of carboxylic acids is 1. The molecule has 0 aliphatic heterocycles. The molecule has 1 aromatic carbocycles. The first kappa shape index (κ1) is 13.4. The van der Waals surface area contributed by atoms with Crippen LogP contribution in [0.15, 0.2) is 12.1 Å². The Morgan fingerprint density at radius 2 is 2.24 bits per heavy atom. The van der Waals surface area contributed by atoms with E-state index in [0.29, 0.717) is 0 Å². The molecule has 17 heavy (non-hydrogen) atoms. The maximum Gasteiger partial charge on any atom is 0.387 e. The monoisotopic (exact) mass is 305 g/mol. The lowest BCUT2D eigenvalue weighted by atomic mass is 10.0. The number of nitrogens with zero attached hydrogens (tertiary/aromatic N) is 1. The fourth-order valence-electron chi connectivity index (χ4n) is 1.25. The number of hydrogen-bond donors (Lipinski definition) is 1. The van der Waals surface area contributed by atoms with Gasteiger partial charge in [-0.05, 0) is 17.7 Å². The summed E-state index contributed by atoms with van der Waals surface area (Å²) in [7, 11) is 0. The summed E-state index contributed by atoms with van der Waals surface area (Å²) < 4.78 is 28.1. The van der Waals surface area contributed by atoms with E-state index in [4.69, 9.17) is 10.4 Å². The molecule has 0 aliphatic rings. The summed E-state index contributed by atoms with van der Waals surface area (Å²) in [5, 5.41) is 17.8. The van der Waals surface area contributed by atoms with Gasteiger partial charge < -0.3 is 9.84 Å². The van der Waals surface area contributed by atoms with Gasteiger partial charge in [0, 0.05) is 5.33 Å². The largest absolute Gasteiger partial charge is 0.478 e. The number of rotatable bonds is 4. The van der Waals surface area contributed by atoms with Gasteiger partial charge in [0.05, 0.1) is 17.2 Å². The molecule has 4 nitrogen and oxygen atoms in total. The Morgan fingerprint density at radius 1 is 1.59 bits per heavy atom. The summed E-state index contributed by atoms with van der Waals surface area (Å²) in [6, 6.07) is 3.78. The Morgan fingerprint density at radius 3 is 2.65 bits per heavy atom. The Bertz CT molecular complexity index is 485. The normalized spacial score (nSPS) is 10.1. The Labute approximate surface area is 104 Å². The molecule has 0 heterocycles. The van der Waals surface area contributed by atoms with Crippen LogP contribution in [0.5, 0.6) is 5.75 Å². The first-order valence-corrected chi connectivity index (χ1v) is 5.42. The van der Waals surface area contributed by atoms with E-state index in [1.807, 2.05) is 0 Å². The first-order valence-electron chi connectivity index (χ1n) is 4.30. The van der Waals surface area contributed by atoms with E-state index in [-0.39, 0.29) is 27.8 Å². The Kier molecular flexibility index (Phi) is 4.40. The van der Waals surface area contributed by atoms with Crippen molar-refractivity contribution in [1.82, 2.24) is 0 Å². The minimum atomic E-state index is -3.07. The van der Waals surface area contributed by atoms with Crippen molar-refractivity contribution in [1.29, 1.82) is 5.26 Å². The zero-order valence-electron chi connectivity index (χ0n) is 8.28. The van der Waals surface area contributed by atoms with Crippen molar-refractivity contribution in [3.63, 3.8) is 0 Å². The van der Waals surface area contributed by atoms with Gasteiger partial charge in [0.1, 0.15) is 5.75 Å². The Hall–Kier alpha value is -1.68. The molecule has 0 aliphatic carbocycles. The number of alkyl halides is 3. The standard InChI is InChI=1S/C10H6BrF2NO3/c11-3-8-5(4-14)1-6(17-10(12)13)2-7(8)9(15)16/h1-2,10H,3H2,(H,15,16). The van der Waals surface area contributed by atoms with Crippen LogP contribution >= 0.6 is 15.9 Å². The molecule has 1 aromatic rings. The third-order valence-electron chi connectivity index (χ3n) is 1.93. The topological polar surface area (TPSA) is 70.3 Å². The molecule has 0 radical (unpaired) electrons. The summed E-state index contributed by atoms with van der Waals surface area (Å²) in [5.74, 6) is -1.66. The van der Waals surface area contributed by atoms with E-state index in [2.05, 4.69) is 20.7 Å². The number of aromatic carboxylic acids is 1. The van der Waals surface area contributed by atoms with Crippen molar-refractivity contribution in [2.24, 2.45) is 0 Å². The number of hydrogen-bond acceptors (Lipinski definition) is 3. The zero-order chi connectivity index (χ0) is 13.0. The van der Waals surface area contributed by atoms with Crippen molar-refractivity contribution in [3.8, 4) is 11.8 Å². The van der Waals surface area contributed by atoms with Crippen LogP contribution in [0.3, 0.4) is 0 Å². The van der Waals surface area contributed by atoms with Crippen LogP contribution in [-0.2, 0) is 5.33 Å². The average Bonchev–Trinajstić information content (AvgIpc) is 2.26.